The van der Waals surface area contributed by atoms with Crippen LogP contribution in [0.25, 0.3) is 10.9 Å². The van der Waals surface area contributed by atoms with Gasteiger partial charge in [0.05, 0.1) is 5.52 Å². The Hall–Kier alpha value is -2.40. The molecule has 0 amide bonds. The first kappa shape index (κ1) is 17.7. The van der Waals surface area contributed by atoms with Crippen molar-refractivity contribution in [3.05, 3.63) is 54.7 Å². The third-order valence-corrected chi connectivity index (χ3v) is 6.29. The van der Waals surface area contributed by atoms with Crippen LogP contribution in [0.2, 0.25) is 0 Å². The average Bonchev–Trinajstić information content (AvgIpc) is 3.40. The van der Waals surface area contributed by atoms with E-state index in [9.17, 15) is 0 Å². The molecule has 1 aliphatic carbocycles. The van der Waals surface area contributed by atoms with E-state index in [0.29, 0.717) is 12.1 Å². The molecule has 1 aromatic carbocycles. The molecule has 146 valence electrons. The van der Waals surface area contributed by atoms with E-state index < -0.39 is 0 Å². The van der Waals surface area contributed by atoms with Gasteiger partial charge in [-0.05, 0) is 43.9 Å². The molecular formula is C23H28N4O. The minimum absolute atomic E-state index is 0.295. The fourth-order valence-electron chi connectivity index (χ4n) is 4.80. The molecule has 0 bridgehead atoms. The molecule has 0 unspecified atom stereocenters. The fraction of sp³-hybridized carbons (Fsp3) is 0.478. The summed E-state index contributed by atoms with van der Waals surface area (Å²) in [6.07, 6.45) is 15.4. The molecule has 28 heavy (non-hydrogen) atoms. The largest absolute Gasteiger partial charge is 0.490 e. The average molecular weight is 377 g/mol. The summed E-state index contributed by atoms with van der Waals surface area (Å²) in [5.41, 5.74) is 2.51. The summed E-state index contributed by atoms with van der Waals surface area (Å²) in [5.74, 6) is 1.05. The van der Waals surface area contributed by atoms with Crippen molar-refractivity contribution in [3.63, 3.8) is 0 Å². The van der Waals surface area contributed by atoms with Crippen molar-refractivity contribution in [1.29, 1.82) is 0 Å². The first-order valence-electron chi connectivity index (χ1n) is 10.6. The lowest BCUT2D eigenvalue weighted by atomic mass is 10.1. The Morgan fingerprint density at radius 3 is 2.54 bits per heavy atom. The molecule has 3 heterocycles. The molecule has 0 spiro atoms. The van der Waals surface area contributed by atoms with E-state index in [1.54, 1.807) is 6.33 Å². The topological polar surface area (TPSA) is 43.2 Å². The van der Waals surface area contributed by atoms with Crippen LogP contribution in [0.15, 0.2) is 49.2 Å². The lowest BCUT2D eigenvalue weighted by molar-refractivity contribution is 0.0979. The van der Waals surface area contributed by atoms with Gasteiger partial charge in [0.25, 0.3) is 0 Å². The molecule has 2 aliphatic rings. The molecule has 5 heteroatoms. The highest BCUT2D eigenvalue weighted by Gasteiger charge is 2.23. The van der Waals surface area contributed by atoms with Crippen molar-refractivity contribution in [3.8, 4) is 5.75 Å². The molecule has 1 aliphatic heterocycles. The van der Waals surface area contributed by atoms with Crippen LogP contribution >= 0.6 is 0 Å². The monoisotopic (exact) mass is 376 g/mol. The van der Waals surface area contributed by atoms with Gasteiger partial charge in [0.2, 0.25) is 0 Å². The van der Waals surface area contributed by atoms with E-state index in [4.69, 9.17) is 4.74 Å². The van der Waals surface area contributed by atoms with Crippen LogP contribution in [0.5, 0.6) is 5.75 Å². The predicted molar refractivity (Wildman–Crippen MR) is 110 cm³/mol. The second-order valence-corrected chi connectivity index (χ2v) is 8.19. The Bertz CT molecular complexity index is 909. The summed E-state index contributed by atoms with van der Waals surface area (Å²) in [7, 11) is 0. The normalized spacial score (nSPS) is 19.4. The van der Waals surface area contributed by atoms with Crippen molar-refractivity contribution in [2.75, 3.05) is 13.1 Å². The molecule has 5 nitrogen and oxygen atoms in total. The van der Waals surface area contributed by atoms with Gasteiger partial charge < -0.3 is 9.30 Å². The molecule has 1 saturated carbocycles. The van der Waals surface area contributed by atoms with Crippen LogP contribution in [0.1, 0.15) is 50.1 Å². The van der Waals surface area contributed by atoms with Gasteiger partial charge in [-0.25, -0.2) is 9.97 Å². The summed E-state index contributed by atoms with van der Waals surface area (Å²) >= 11 is 0. The van der Waals surface area contributed by atoms with Crippen molar-refractivity contribution in [2.24, 2.45) is 0 Å². The zero-order valence-corrected chi connectivity index (χ0v) is 16.3. The number of piperidine rings is 1. The standard InChI is InChI=1S/C23H28N4O/c1-2-5-19(4-1)27-13-10-21-22(27)6-3-7-23(21)28-20-8-11-26(12-9-20)16-18-14-24-17-25-15-18/h3,6-7,10,13-15,17,19-20H,1-2,4-5,8-9,11-12,16H2. The van der Waals surface area contributed by atoms with Crippen LogP contribution in [0, 0.1) is 0 Å². The minimum atomic E-state index is 0.295. The summed E-state index contributed by atoms with van der Waals surface area (Å²) < 4.78 is 8.95. The Morgan fingerprint density at radius 2 is 1.75 bits per heavy atom. The molecule has 1 saturated heterocycles. The summed E-state index contributed by atoms with van der Waals surface area (Å²) in [4.78, 5) is 10.7. The van der Waals surface area contributed by atoms with E-state index in [0.717, 1.165) is 38.2 Å². The Balaban J connectivity index is 1.24. The maximum absolute atomic E-state index is 6.48. The first-order chi connectivity index (χ1) is 13.9. The number of benzene rings is 1. The highest BCUT2D eigenvalue weighted by Crippen LogP contribution is 2.36. The molecule has 0 N–H and O–H groups in total. The zero-order chi connectivity index (χ0) is 18.8. The van der Waals surface area contributed by atoms with E-state index in [2.05, 4.69) is 49.9 Å². The van der Waals surface area contributed by atoms with Crippen molar-refractivity contribution >= 4 is 10.9 Å². The summed E-state index contributed by atoms with van der Waals surface area (Å²) in [6, 6.07) is 9.43. The van der Waals surface area contributed by atoms with Crippen LogP contribution < -0.4 is 4.74 Å². The SMILES string of the molecule is c1cc(OC2CCN(Cc3cncnc3)CC2)c2ccn(C3CCCC3)c2c1. The minimum Gasteiger partial charge on any atom is -0.490 e. The Labute approximate surface area is 166 Å². The van der Waals surface area contributed by atoms with E-state index >= 15 is 0 Å². The lowest BCUT2D eigenvalue weighted by Gasteiger charge is -2.32. The molecule has 5 rings (SSSR count). The number of hydrogen-bond donors (Lipinski definition) is 0. The second kappa shape index (κ2) is 7.92. The third kappa shape index (κ3) is 3.63. The molecular weight excluding hydrogens is 348 g/mol. The van der Waals surface area contributed by atoms with Crippen LogP contribution in [-0.4, -0.2) is 38.6 Å². The van der Waals surface area contributed by atoms with Gasteiger partial charge in [0, 0.05) is 55.2 Å². The molecule has 2 aromatic heterocycles. The lowest BCUT2D eigenvalue weighted by Crippen LogP contribution is -2.37. The molecule has 0 radical (unpaired) electrons. The van der Waals surface area contributed by atoms with Gasteiger partial charge >= 0.3 is 0 Å². The number of ether oxygens (including phenoxy) is 1. The number of rotatable bonds is 5. The maximum Gasteiger partial charge on any atom is 0.129 e. The first-order valence-corrected chi connectivity index (χ1v) is 10.6. The van der Waals surface area contributed by atoms with Gasteiger partial charge in [-0.2, -0.15) is 0 Å². The van der Waals surface area contributed by atoms with Crippen LogP contribution in [-0.2, 0) is 6.54 Å². The summed E-state index contributed by atoms with van der Waals surface area (Å²) in [6.45, 7) is 3.03. The smallest absolute Gasteiger partial charge is 0.129 e. The van der Waals surface area contributed by atoms with Gasteiger partial charge in [0.15, 0.2) is 0 Å². The highest BCUT2D eigenvalue weighted by atomic mass is 16.5. The van der Waals surface area contributed by atoms with E-state index in [1.807, 2.05) is 12.4 Å². The van der Waals surface area contributed by atoms with Crippen LogP contribution in [0.3, 0.4) is 0 Å². The summed E-state index contributed by atoms with van der Waals surface area (Å²) in [5, 5.41) is 1.26. The fourth-order valence-corrected chi connectivity index (χ4v) is 4.80. The maximum atomic E-state index is 6.48. The van der Waals surface area contributed by atoms with Crippen molar-refractivity contribution in [1.82, 2.24) is 19.4 Å². The Kier molecular flexibility index (Phi) is 5.00. The van der Waals surface area contributed by atoms with Gasteiger partial charge in [-0.3, -0.25) is 4.90 Å². The quantitative estimate of drug-likeness (QED) is 0.653. The molecule has 3 aromatic rings. The van der Waals surface area contributed by atoms with Crippen molar-refractivity contribution < 1.29 is 4.74 Å². The number of aromatic nitrogens is 3. The van der Waals surface area contributed by atoms with E-state index in [1.165, 1.54) is 42.1 Å². The molecule has 2 fully saturated rings. The molecule has 0 atom stereocenters. The van der Waals surface area contributed by atoms with Crippen molar-refractivity contribution in [2.45, 2.75) is 57.2 Å². The van der Waals surface area contributed by atoms with Crippen LogP contribution in [0.4, 0.5) is 0 Å². The second-order valence-electron chi connectivity index (χ2n) is 8.19. The zero-order valence-electron chi connectivity index (χ0n) is 16.3. The highest BCUT2D eigenvalue weighted by molar-refractivity contribution is 5.86. The number of nitrogens with zero attached hydrogens (tertiary/aromatic N) is 4. The van der Waals surface area contributed by atoms with Gasteiger partial charge in [-0.1, -0.05) is 18.9 Å². The van der Waals surface area contributed by atoms with E-state index in [-0.39, 0.29) is 0 Å². The third-order valence-electron chi connectivity index (χ3n) is 6.29. The van der Waals surface area contributed by atoms with Gasteiger partial charge in [-0.15, -0.1) is 0 Å². The Morgan fingerprint density at radius 1 is 0.964 bits per heavy atom. The number of hydrogen-bond acceptors (Lipinski definition) is 4. The number of fused-ring (bicyclic) bond motifs is 1. The number of likely N-dealkylation sites (tertiary alicyclic amines) is 1. The predicted octanol–water partition coefficient (Wildman–Crippen LogP) is 4.59. The van der Waals surface area contributed by atoms with Gasteiger partial charge in [0.1, 0.15) is 18.2 Å².